The molecule has 0 unspecified atom stereocenters. The van der Waals surface area contributed by atoms with Gasteiger partial charge in [-0.15, -0.1) is 0 Å². The van der Waals surface area contributed by atoms with Gasteiger partial charge in [-0.2, -0.15) is 14.0 Å². The average molecular weight is 418 g/mol. The van der Waals surface area contributed by atoms with Gasteiger partial charge in [0, 0.05) is 18.8 Å². The van der Waals surface area contributed by atoms with E-state index in [4.69, 9.17) is 18.6 Å². The molecule has 0 heterocycles. The van der Waals surface area contributed by atoms with Crippen molar-refractivity contribution in [3.8, 4) is 0 Å². The lowest BCUT2D eigenvalue weighted by Crippen LogP contribution is -2.58. The van der Waals surface area contributed by atoms with Gasteiger partial charge in [0.15, 0.2) is 0 Å². The molecule has 0 saturated heterocycles. The monoisotopic (exact) mass is 417 g/mol. The number of para-hydroxylation sites is 1. The van der Waals surface area contributed by atoms with E-state index in [1.165, 1.54) is 95.8 Å². The Hall–Kier alpha value is -0.850. The van der Waals surface area contributed by atoms with Crippen LogP contribution in [0.2, 0.25) is 0 Å². The molecule has 0 amide bonds. The fourth-order valence-corrected chi connectivity index (χ4v) is 3.17. The number of hydrogen-bond acceptors (Lipinski definition) is 5. The minimum absolute atomic E-state index is 1.23. The third-order valence-corrected chi connectivity index (χ3v) is 4.68. The fraction of sp³-hybridized carbons (Fsp3) is 0.727. The molecule has 6 heteroatoms. The van der Waals surface area contributed by atoms with E-state index >= 15 is 0 Å². The predicted molar refractivity (Wildman–Crippen MR) is 108 cm³/mol. The molecule has 0 aliphatic heterocycles. The molecule has 1 N–H and O–H groups in total. The highest BCUT2D eigenvalue weighted by Crippen LogP contribution is 2.17. The number of hydrogen-bond donors (Lipinski definition) is 1. The molecule has 0 saturated carbocycles. The van der Waals surface area contributed by atoms with Crippen LogP contribution in [0.4, 0.5) is 5.69 Å². The van der Waals surface area contributed by atoms with Crippen LogP contribution in [0.5, 0.6) is 0 Å². The van der Waals surface area contributed by atoms with Crippen LogP contribution in [0.25, 0.3) is 0 Å². The van der Waals surface area contributed by atoms with Gasteiger partial charge in [-0.1, -0.05) is 96.3 Å². The van der Waals surface area contributed by atoms with Gasteiger partial charge >= 0.3 is 0 Å². The van der Waals surface area contributed by atoms with Crippen LogP contribution in [0.1, 0.15) is 90.9 Å². The fourth-order valence-electron chi connectivity index (χ4n) is 3.17. The predicted octanol–water partition coefficient (Wildman–Crippen LogP) is 3.09. The van der Waals surface area contributed by atoms with Crippen LogP contribution in [-0.2, 0) is 0 Å². The third-order valence-electron chi connectivity index (χ3n) is 4.68. The Morgan fingerprint density at radius 2 is 1.04 bits per heavy atom. The molecule has 164 valence electrons. The van der Waals surface area contributed by atoms with E-state index in [-0.39, 0.29) is 0 Å². The van der Waals surface area contributed by atoms with Gasteiger partial charge in [-0.3, -0.25) is 0 Å². The van der Waals surface area contributed by atoms with Crippen molar-refractivity contribution in [2.24, 2.45) is 0 Å². The second kappa shape index (κ2) is 18.2. The van der Waals surface area contributed by atoms with Crippen LogP contribution in [0.15, 0.2) is 30.3 Å². The van der Waals surface area contributed by atoms with Crippen molar-refractivity contribution in [2.45, 2.75) is 90.9 Å². The van der Waals surface area contributed by atoms with E-state index < -0.39 is 10.2 Å². The lowest BCUT2D eigenvalue weighted by Gasteiger charge is -2.25. The van der Waals surface area contributed by atoms with Crippen LogP contribution < -0.4 is 18.9 Å². The maximum absolute atomic E-state index is 8.60. The molecule has 0 fully saturated rings. The second-order valence-electron chi connectivity index (χ2n) is 7.25. The Kier molecular flexibility index (Phi) is 17.6. The summed E-state index contributed by atoms with van der Waals surface area (Å²) in [5.41, 5.74) is 1.41. The summed E-state index contributed by atoms with van der Waals surface area (Å²) in [6, 6.07) is 11.0. The van der Waals surface area contributed by atoms with Gasteiger partial charge in [0.2, 0.25) is 0 Å². The van der Waals surface area contributed by atoms with Gasteiger partial charge in [-0.05, 0) is 25.0 Å². The van der Waals surface area contributed by atoms with E-state index in [2.05, 4.69) is 49.1 Å². The largest absolute Gasteiger partial charge is 0.372 e. The highest BCUT2D eigenvalue weighted by molar-refractivity contribution is 5.45. The maximum atomic E-state index is 8.60. The van der Waals surface area contributed by atoms with Gasteiger partial charge in [-0.25, -0.2) is 0 Å². The molecule has 5 nitrogen and oxygen atoms in total. The van der Waals surface area contributed by atoms with Crippen LogP contribution in [0.3, 0.4) is 0 Å². The molecule has 0 aliphatic rings. The lowest BCUT2D eigenvalue weighted by molar-refractivity contribution is -1.92. The molecular weight excluding hydrogens is 378 g/mol. The Labute approximate surface area is 174 Å². The Bertz CT molecular complexity index is 418. The van der Waals surface area contributed by atoms with Crippen molar-refractivity contribution in [3.05, 3.63) is 30.3 Å². The number of unbranched alkanes of at least 4 members (excludes halogenated alkanes) is 10. The van der Waals surface area contributed by atoms with Crippen LogP contribution in [0, 0.1) is 10.2 Å². The first-order chi connectivity index (χ1) is 13.4. The highest BCUT2D eigenvalue weighted by Gasteiger charge is 2.05. The normalized spacial score (nSPS) is 11.1. The van der Waals surface area contributed by atoms with Gasteiger partial charge in [0.05, 0.1) is 14.9 Å². The Morgan fingerprint density at radius 1 is 0.679 bits per heavy atom. The average Bonchev–Trinajstić information content (AvgIpc) is 2.65. The zero-order valence-electron chi connectivity index (χ0n) is 17.8. The van der Waals surface area contributed by atoms with Gasteiger partial charge < -0.3 is 4.90 Å². The zero-order chi connectivity index (χ0) is 21.1. The molecule has 0 bridgehead atoms. The number of rotatable bonds is 15. The van der Waals surface area contributed by atoms with Crippen molar-refractivity contribution in [1.82, 2.24) is 0 Å². The zero-order valence-corrected chi connectivity index (χ0v) is 18.5. The smallest absolute Gasteiger partial charge is 0.0777 e. The third kappa shape index (κ3) is 19.9. The molecule has 0 aliphatic carbocycles. The number of nitrogens with zero attached hydrogens (tertiary/aromatic N) is 1. The summed E-state index contributed by atoms with van der Waals surface area (Å²) in [7, 11) is -4.69. The Morgan fingerprint density at radius 3 is 1.43 bits per heavy atom. The summed E-state index contributed by atoms with van der Waals surface area (Å²) < 4.78 is 32.7. The molecule has 0 aromatic heterocycles. The van der Waals surface area contributed by atoms with Crippen molar-refractivity contribution in [1.29, 1.82) is 0 Å². The molecule has 1 rings (SSSR count). The quantitative estimate of drug-likeness (QED) is 0.442. The minimum atomic E-state index is -4.69. The summed E-state index contributed by atoms with van der Waals surface area (Å²) in [6.07, 6.45) is 16.6. The molecular formula is C22H40ClNO4. The maximum Gasteiger partial charge on any atom is 0.0777 e. The van der Waals surface area contributed by atoms with Crippen molar-refractivity contribution in [2.75, 3.05) is 18.0 Å². The summed E-state index contributed by atoms with van der Waals surface area (Å²) in [5, 5.41) is 0. The van der Waals surface area contributed by atoms with Crippen molar-refractivity contribution >= 4 is 5.69 Å². The van der Waals surface area contributed by atoms with Crippen molar-refractivity contribution in [3.63, 3.8) is 0 Å². The number of halogens is 1. The van der Waals surface area contributed by atoms with E-state index in [0.717, 1.165) is 0 Å². The standard InChI is InChI=1S/C22H39N.ClHO4/c1-3-5-7-9-11-16-20-23(22-18-14-13-15-19-22)21-17-12-10-8-6-4-2;2-1(3,4)5/h13-15,18-19H,3-12,16-17,20-21H2,1-2H3;(H,2,3,4,5). The SMILES string of the molecule is CCCCCCCCN(CCCCCCCC)c1ccccc1.[O-][Cl+3]([O-])([O-])O. The van der Waals surface area contributed by atoms with E-state index in [1.54, 1.807) is 0 Å². The van der Waals surface area contributed by atoms with Crippen LogP contribution >= 0.6 is 0 Å². The first-order valence-electron chi connectivity index (χ1n) is 10.8. The van der Waals surface area contributed by atoms with Gasteiger partial charge in [0.1, 0.15) is 0 Å². The summed E-state index contributed by atoms with van der Waals surface area (Å²) >= 11 is 0. The number of benzene rings is 1. The lowest BCUT2D eigenvalue weighted by atomic mass is 10.1. The molecule has 0 spiro atoms. The molecule has 0 radical (unpaired) electrons. The topological polar surface area (TPSA) is 92.7 Å². The van der Waals surface area contributed by atoms with E-state index in [1.807, 2.05) is 0 Å². The van der Waals surface area contributed by atoms with E-state index in [9.17, 15) is 0 Å². The Balaban J connectivity index is 0.00000129. The first-order valence-corrected chi connectivity index (χ1v) is 12.1. The number of anilines is 1. The molecule has 0 atom stereocenters. The molecule has 1 aromatic rings. The highest BCUT2D eigenvalue weighted by atomic mass is 35.7. The van der Waals surface area contributed by atoms with Gasteiger partial charge in [0.25, 0.3) is 0 Å². The second-order valence-corrected chi connectivity index (χ2v) is 8.05. The van der Waals surface area contributed by atoms with Crippen molar-refractivity contribution < 1.29 is 28.9 Å². The molecule has 1 aromatic carbocycles. The summed E-state index contributed by atoms with van der Waals surface area (Å²) in [5.74, 6) is 0. The minimum Gasteiger partial charge on any atom is -0.372 e. The van der Waals surface area contributed by atoms with Crippen LogP contribution in [-0.4, -0.2) is 17.7 Å². The first kappa shape index (κ1) is 27.1. The molecule has 28 heavy (non-hydrogen) atoms. The summed E-state index contributed by atoms with van der Waals surface area (Å²) in [4.78, 5) is 2.61. The van der Waals surface area contributed by atoms with E-state index in [0.29, 0.717) is 0 Å². The summed E-state index contributed by atoms with van der Waals surface area (Å²) in [6.45, 7) is 7.03.